The van der Waals surface area contributed by atoms with Crippen molar-refractivity contribution < 1.29 is 14.6 Å². The summed E-state index contributed by atoms with van der Waals surface area (Å²) in [5.41, 5.74) is 1.20. The van der Waals surface area contributed by atoms with E-state index in [1.165, 1.54) is 6.20 Å². The van der Waals surface area contributed by atoms with Crippen LogP contribution in [0.4, 0.5) is 0 Å². The van der Waals surface area contributed by atoms with Crippen LogP contribution in [0.5, 0.6) is 0 Å². The van der Waals surface area contributed by atoms with Gasteiger partial charge in [-0.05, 0) is 19.8 Å². The van der Waals surface area contributed by atoms with Gasteiger partial charge in [-0.2, -0.15) is 5.10 Å². The zero-order chi connectivity index (χ0) is 11.5. The third kappa shape index (κ3) is 1.95. The van der Waals surface area contributed by atoms with Crippen molar-refractivity contribution in [1.29, 1.82) is 0 Å². The first-order chi connectivity index (χ1) is 7.74. The maximum atomic E-state index is 11.1. The van der Waals surface area contributed by atoms with Crippen molar-refractivity contribution in [3.8, 4) is 0 Å². The Morgan fingerprint density at radius 3 is 2.88 bits per heavy atom. The van der Waals surface area contributed by atoms with Gasteiger partial charge >= 0.3 is 5.97 Å². The third-order valence-electron chi connectivity index (χ3n) is 3.02. The van der Waals surface area contributed by atoms with Crippen molar-refractivity contribution in [3.05, 3.63) is 17.5 Å². The highest BCUT2D eigenvalue weighted by atomic mass is 16.5. The molecule has 1 aromatic heterocycles. The summed E-state index contributed by atoms with van der Waals surface area (Å²) < 4.78 is 7.09. The monoisotopic (exact) mass is 224 g/mol. The maximum Gasteiger partial charge on any atom is 0.339 e. The highest BCUT2D eigenvalue weighted by molar-refractivity contribution is 5.88. The Morgan fingerprint density at radius 2 is 2.31 bits per heavy atom. The molecule has 1 N–H and O–H groups in total. The van der Waals surface area contributed by atoms with Crippen LogP contribution >= 0.6 is 0 Å². The first-order valence-corrected chi connectivity index (χ1v) is 5.60. The van der Waals surface area contributed by atoms with Gasteiger partial charge in [0.15, 0.2) is 0 Å². The van der Waals surface area contributed by atoms with E-state index in [9.17, 15) is 4.79 Å². The Kier molecular flexibility index (Phi) is 3.24. The van der Waals surface area contributed by atoms with Crippen LogP contribution < -0.4 is 0 Å². The number of ether oxygens (including phenoxy) is 1. The van der Waals surface area contributed by atoms with Crippen molar-refractivity contribution in [2.24, 2.45) is 0 Å². The highest BCUT2D eigenvalue weighted by Gasteiger charge is 2.25. The molecule has 0 radical (unpaired) electrons. The first kappa shape index (κ1) is 11.1. The summed E-state index contributed by atoms with van der Waals surface area (Å²) in [6.07, 6.45) is 3.22. The van der Waals surface area contributed by atoms with Gasteiger partial charge in [0.1, 0.15) is 5.56 Å². The lowest BCUT2D eigenvalue weighted by Crippen LogP contribution is -2.19. The van der Waals surface area contributed by atoms with Crippen molar-refractivity contribution >= 4 is 5.97 Å². The van der Waals surface area contributed by atoms with E-state index in [0.29, 0.717) is 25.3 Å². The molecule has 0 aromatic carbocycles. The topological polar surface area (TPSA) is 64.4 Å². The van der Waals surface area contributed by atoms with E-state index in [0.717, 1.165) is 18.5 Å². The van der Waals surface area contributed by atoms with Crippen molar-refractivity contribution in [1.82, 2.24) is 9.78 Å². The minimum Gasteiger partial charge on any atom is -0.478 e. The van der Waals surface area contributed by atoms with Crippen molar-refractivity contribution in [2.45, 2.75) is 32.2 Å². The average molecular weight is 224 g/mol. The number of rotatable bonds is 3. The molecule has 2 rings (SSSR count). The van der Waals surface area contributed by atoms with E-state index in [1.807, 2.05) is 6.92 Å². The molecule has 1 aliphatic heterocycles. The molecule has 1 fully saturated rings. The minimum atomic E-state index is -0.888. The fourth-order valence-corrected chi connectivity index (χ4v) is 2.21. The van der Waals surface area contributed by atoms with Crippen LogP contribution in [0.1, 0.15) is 41.7 Å². The molecule has 2 heterocycles. The Bertz CT molecular complexity index is 381. The summed E-state index contributed by atoms with van der Waals surface area (Å²) in [6.45, 7) is 4.10. The molecule has 1 saturated heterocycles. The van der Waals surface area contributed by atoms with Gasteiger partial charge in [-0.1, -0.05) is 0 Å². The van der Waals surface area contributed by atoms with Crippen LogP contribution in [-0.4, -0.2) is 34.1 Å². The van der Waals surface area contributed by atoms with Gasteiger partial charge in [0, 0.05) is 25.7 Å². The average Bonchev–Trinajstić information content (AvgIpc) is 2.73. The summed E-state index contributed by atoms with van der Waals surface area (Å²) in [4.78, 5) is 11.1. The fourth-order valence-electron chi connectivity index (χ4n) is 2.21. The standard InChI is InChI=1S/C11H16N2O3/c1-2-13-10(8-3-5-16-6-4-8)9(7-12-13)11(14)15/h7-8H,2-6H2,1H3,(H,14,15). The molecule has 5 nitrogen and oxygen atoms in total. The summed E-state index contributed by atoms with van der Waals surface area (Å²) in [5, 5.41) is 13.2. The zero-order valence-electron chi connectivity index (χ0n) is 9.35. The number of carboxylic acids is 1. The molecule has 0 aliphatic carbocycles. The van der Waals surface area contributed by atoms with Crippen LogP contribution in [0.3, 0.4) is 0 Å². The Balaban J connectivity index is 2.34. The first-order valence-electron chi connectivity index (χ1n) is 5.60. The molecule has 0 bridgehead atoms. The molecule has 0 atom stereocenters. The molecule has 16 heavy (non-hydrogen) atoms. The van der Waals surface area contributed by atoms with Gasteiger partial charge < -0.3 is 9.84 Å². The Morgan fingerprint density at radius 1 is 1.62 bits per heavy atom. The lowest BCUT2D eigenvalue weighted by atomic mass is 9.93. The molecule has 1 aliphatic rings. The maximum absolute atomic E-state index is 11.1. The smallest absolute Gasteiger partial charge is 0.339 e. The summed E-state index contributed by atoms with van der Waals surface area (Å²) >= 11 is 0. The van der Waals surface area contributed by atoms with E-state index in [1.54, 1.807) is 4.68 Å². The number of carbonyl (C=O) groups is 1. The molecule has 88 valence electrons. The van der Waals surface area contributed by atoms with Crippen molar-refractivity contribution in [3.63, 3.8) is 0 Å². The summed E-state index contributed by atoms with van der Waals surface area (Å²) in [6, 6.07) is 0. The third-order valence-corrected chi connectivity index (χ3v) is 3.02. The fraction of sp³-hybridized carbons (Fsp3) is 0.636. The van der Waals surface area contributed by atoms with Gasteiger partial charge in [-0.15, -0.1) is 0 Å². The van der Waals surface area contributed by atoms with E-state index in [4.69, 9.17) is 9.84 Å². The highest BCUT2D eigenvalue weighted by Crippen LogP contribution is 2.29. The number of aromatic nitrogens is 2. The number of aryl methyl sites for hydroxylation is 1. The van der Waals surface area contributed by atoms with Crippen LogP contribution in [0.25, 0.3) is 0 Å². The second kappa shape index (κ2) is 4.65. The SMILES string of the molecule is CCn1ncc(C(=O)O)c1C1CCOCC1. The molecule has 0 saturated carbocycles. The molecular formula is C11H16N2O3. The molecule has 0 amide bonds. The second-order valence-electron chi connectivity index (χ2n) is 3.95. The van der Waals surface area contributed by atoms with E-state index in [-0.39, 0.29) is 5.92 Å². The molecule has 0 spiro atoms. The lowest BCUT2D eigenvalue weighted by molar-refractivity contribution is 0.0683. The van der Waals surface area contributed by atoms with Gasteiger partial charge in [-0.25, -0.2) is 4.79 Å². The summed E-state index contributed by atoms with van der Waals surface area (Å²) in [5.74, 6) is -0.622. The number of carboxylic acid groups (broad SMARTS) is 1. The molecule has 5 heteroatoms. The van der Waals surface area contributed by atoms with Crippen LogP contribution in [-0.2, 0) is 11.3 Å². The predicted octanol–water partition coefficient (Wildman–Crippen LogP) is 1.50. The van der Waals surface area contributed by atoms with Gasteiger partial charge in [0.05, 0.1) is 11.9 Å². The summed E-state index contributed by atoms with van der Waals surface area (Å²) in [7, 11) is 0. The largest absolute Gasteiger partial charge is 0.478 e. The number of hydrogen-bond acceptors (Lipinski definition) is 3. The Hall–Kier alpha value is -1.36. The van der Waals surface area contributed by atoms with E-state index >= 15 is 0 Å². The quantitative estimate of drug-likeness (QED) is 0.845. The van der Waals surface area contributed by atoms with E-state index in [2.05, 4.69) is 5.10 Å². The lowest BCUT2D eigenvalue weighted by Gasteiger charge is -2.23. The minimum absolute atomic E-state index is 0.266. The van der Waals surface area contributed by atoms with Crippen LogP contribution in [0, 0.1) is 0 Å². The van der Waals surface area contributed by atoms with Gasteiger partial charge in [-0.3, -0.25) is 4.68 Å². The molecule has 0 unspecified atom stereocenters. The van der Waals surface area contributed by atoms with Crippen LogP contribution in [0.2, 0.25) is 0 Å². The molecule has 1 aromatic rings. The number of nitrogens with zero attached hydrogens (tertiary/aromatic N) is 2. The second-order valence-corrected chi connectivity index (χ2v) is 3.95. The number of hydrogen-bond donors (Lipinski definition) is 1. The normalized spacial score (nSPS) is 17.6. The predicted molar refractivity (Wildman–Crippen MR) is 57.7 cm³/mol. The Labute approximate surface area is 94.0 Å². The molecular weight excluding hydrogens is 208 g/mol. The van der Waals surface area contributed by atoms with Gasteiger partial charge in [0.2, 0.25) is 0 Å². The number of aromatic carboxylic acids is 1. The van der Waals surface area contributed by atoms with E-state index < -0.39 is 5.97 Å². The van der Waals surface area contributed by atoms with Crippen LogP contribution in [0.15, 0.2) is 6.20 Å². The zero-order valence-corrected chi connectivity index (χ0v) is 9.35. The van der Waals surface area contributed by atoms with Crippen molar-refractivity contribution in [2.75, 3.05) is 13.2 Å². The van der Waals surface area contributed by atoms with Gasteiger partial charge in [0.25, 0.3) is 0 Å².